The molecular weight excluding hydrogens is 272 g/mol. The average Bonchev–Trinajstić information content (AvgIpc) is 2.88. The van der Waals surface area contributed by atoms with Crippen LogP contribution in [0.2, 0.25) is 0 Å². The van der Waals surface area contributed by atoms with E-state index >= 15 is 0 Å². The highest BCUT2D eigenvalue weighted by Gasteiger charge is 2.10. The van der Waals surface area contributed by atoms with Crippen molar-refractivity contribution in [2.24, 2.45) is 0 Å². The second-order valence-electron chi connectivity index (χ2n) is 4.74. The van der Waals surface area contributed by atoms with E-state index in [1.165, 1.54) is 11.2 Å². The van der Waals surface area contributed by atoms with Crippen molar-refractivity contribution in [3.8, 4) is 0 Å². The molecule has 2 aromatic heterocycles. The number of rotatable bonds is 6. The fourth-order valence-corrected chi connectivity index (χ4v) is 2.75. The van der Waals surface area contributed by atoms with Crippen molar-refractivity contribution in [2.75, 3.05) is 11.9 Å². The van der Waals surface area contributed by atoms with Gasteiger partial charge in [-0.1, -0.05) is 13.8 Å². The highest BCUT2D eigenvalue weighted by molar-refractivity contribution is 7.18. The number of hydrogen-bond acceptors (Lipinski definition) is 5. The summed E-state index contributed by atoms with van der Waals surface area (Å²) in [6.07, 6.45) is 3.44. The first kappa shape index (κ1) is 14.7. The molecule has 108 valence electrons. The van der Waals surface area contributed by atoms with Gasteiger partial charge in [0.1, 0.15) is 17.0 Å². The fourth-order valence-electron chi connectivity index (χ4n) is 1.81. The van der Waals surface area contributed by atoms with Crippen molar-refractivity contribution in [3.05, 3.63) is 17.3 Å². The van der Waals surface area contributed by atoms with Crippen molar-refractivity contribution in [3.63, 3.8) is 0 Å². The number of anilines is 1. The summed E-state index contributed by atoms with van der Waals surface area (Å²) >= 11 is 1.67. The van der Waals surface area contributed by atoms with Gasteiger partial charge in [-0.05, 0) is 25.8 Å². The Balaban J connectivity index is 2.06. The number of carbonyl (C=O) groups excluding carboxylic acids is 1. The number of carbonyl (C=O) groups is 1. The van der Waals surface area contributed by atoms with Gasteiger partial charge in [-0.15, -0.1) is 11.3 Å². The minimum Gasteiger partial charge on any atom is -0.360 e. The fraction of sp³-hybridized carbons (Fsp3) is 0.500. The summed E-state index contributed by atoms with van der Waals surface area (Å²) in [7, 11) is 0. The van der Waals surface area contributed by atoms with E-state index in [2.05, 4.69) is 33.6 Å². The van der Waals surface area contributed by atoms with E-state index in [1.54, 1.807) is 11.3 Å². The molecule has 0 saturated heterocycles. The van der Waals surface area contributed by atoms with Gasteiger partial charge in [0.05, 0.1) is 11.9 Å². The van der Waals surface area contributed by atoms with Gasteiger partial charge < -0.3 is 10.6 Å². The summed E-state index contributed by atoms with van der Waals surface area (Å²) in [5, 5.41) is 7.01. The Hall–Kier alpha value is -1.69. The number of amides is 1. The van der Waals surface area contributed by atoms with Crippen LogP contribution in [-0.4, -0.2) is 28.5 Å². The van der Waals surface area contributed by atoms with E-state index in [-0.39, 0.29) is 18.5 Å². The zero-order valence-electron chi connectivity index (χ0n) is 12.1. The molecule has 1 amide bonds. The lowest BCUT2D eigenvalue weighted by Gasteiger charge is -2.12. The van der Waals surface area contributed by atoms with E-state index in [0.29, 0.717) is 0 Å². The molecule has 0 aliphatic rings. The zero-order valence-corrected chi connectivity index (χ0v) is 12.9. The maximum absolute atomic E-state index is 11.8. The van der Waals surface area contributed by atoms with Gasteiger partial charge in [-0.2, -0.15) is 0 Å². The molecule has 1 unspecified atom stereocenters. The lowest BCUT2D eigenvalue weighted by Crippen LogP contribution is -2.36. The van der Waals surface area contributed by atoms with Crippen LogP contribution in [0.4, 0.5) is 5.82 Å². The summed E-state index contributed by atoms with van der Waals surface area (Å²) in [6, 6.07) is 2.29. The lowest BCUT2D eigenvalue weighted by molar-refractivity contribution is -0.120. The Morgan fingerprint density at radius 3 is 2.90 bits per heavy atom. The average molecular weight is 292 g/mol. The first-order valence-corrected chi connectivity index (χ1v) is 7.72. The van der Waals surface area contributed by atoms with Crippen molar-refractivity contribution in [1.29, 1.82) is 0 Å². The third-order valence-electron chi connectivity index (χ3n) is 3.17. The van der Waals surface area contributed by atoms with E-state index in [1.807, 2.05) is 13.8 Å². The van der Waals surface area contributed by atoms with Crippen LogP contribution in [0, 0.1) is 0 Å². The van der Waals surface area contributed by atoms with Gasteiger partial charge in [0.25, 0.3) is 0 Å². The topological polar surface area (TPSA) is 66.9 Å². The van der Waals surface area contributed by atoms with E-state index < -0.39 is 0 Å². The predicted molar refractivity (Wildman–Crippen MR) is 83.2 cm³/mol. The molecule has 5 nitrogen and oxygen atoms in total. The van der Waals surface area contributed by atoms with Crippen molar-refractivity contribution in [1.82, 2.24) is 15.3 Å². The maximum atomic E-state index is 11.8. The number of hydrogen-bond donors (Lipinski definition) is 2. The minimum atomic E-state index is -0.0166. The highest BCUT2D eigenvalue weighted by atomic mass is 32.1. The third kappa shape index (κ3) is 3.45. The predicted octanol–water partition coefficient (Wildman–Crippen LogP) is 2.58. The quantitative estimate of drug-likeness (QED) is 0.859. The molecule has 0 radical (unpaired) electrons. The second-order valence-corrected chi connectivity index (χ2v) is 5.85. The summed E-state index contributed by atoms with van der Waals surface area (Å²) in [4.78, 5) is 22.5. The van der Waals surface area contributed by atoms with Crippen molar-refractivity contribution >= 4 is 33.3 Å². The Morgan fingerprint density at radius 1 is 1.40 bits per heavy atom. The van der Waals surface area contributed by atoms with Crippen LogP contribution in [0.5, 0.6) is 0 Å². The second kappa shape index (κ2) is 6.65. The molecule has 2 rings (SSSR count). The first-order valence-electron chi connectivity index (χ1n) is 6.90. The maximum Gasteiger partial charge on any atom is 0.239 e. The molecule has 2 heterocycles. The van der Waals surface area contributed by atoms with Crippen LogP contribution < -0.4 is 10.6 Å². The summed E-state index contributed by atoms with van der Waals surface area (Å²) in [5.41, 5.74) is 0. The van der Waals surface area contributed by atoms with Crippen molar-refractivity contribution in [2.45, 2.75) is 39.7 Å². The lowest BCUT2D eigenvalue weighted by atomic mass is 10.2. The van der Waals surface area contributed by atoms with Gasteiger partial charge in [-0.3, -0.25) is 4.79 Å². The summed E-state index contributed by atoms with van der Waals surface area (Å²) in [5.74, 6) is 0.710. The van der Waals surface area contributed by atoms with Crippen LogP contribution in [0.3, 0.4) is 0 Å². The molecule has 0 bridgehead atoms. The molecule has 0 saturated carbocycles. The van der Waals surface area contributed by atoms with Crippen molar-refractivity contribution < 1.29 is 4.79 Å². The van der Waals surface area contributed by atoms with Crippen LogP contribution in [0.25, 0.3) is 10.2 Å². The minimum absolute atomic E-state index is 0.0166. The molecule has 2 N–H and O–H groups in total. The number of nitrogens with zero attached hydrogens (tertiary/aromatic N) is 2. The normalized spacial score (nSPS) is 12.3. The molecule has 6 heteroatoms. The molecule has 0 aliphatic heterocycles. The van der Waals surface area contributed by atoms with Gasteiger partial charge in [0, 0.05) is 10.9 Å². The number of fused-ring (bicyclic) bond motifs is 1. The molecule has 0 aromatic carbocycles. The van der Waals surface area contributed by atoms with Gasteiger partial charge >= 0.3 is 0 Å². The van der Waals surface area contributed by atoms with Crippen LogP contribution in [-0.2, 0) is 11.2 Å². The smallest absolute Gasteiger partial charge is 0.239 e. The van der Waals surface area contributed by atoms with Gasteiger partial charge in [0.15, 0.2) is 0 Å². The standard InChI is InChI=1S/C14H20N4OS/c1-4-9(3)18-12(19)7-15-13-11-6-10(5-2)20-14(11)17-8-16-13/h6,8-9H,4-5,7H2,1-3H3,(H,18,19)(H,15,16,17). The molecule has 0 fully saturated rings. The molecule has 0 aliphatic carbocycles. The first-order chi connectivity index (χ1) is 9.63. The Labute approximate surface area is 122 Å². The highest BCUT2D eigenvalue weighted by Crippen LogP contribution is 2.28. The number of thiophene rings is 1. The number of aryl methyl sites for hydroxylation is 1. The Bertz CT molecular complexity index is 596. The third-order valence-corrected chi connectivity index (χ3v) is 4.35. The van der Waals surface area contributed by atoms with E-state index in [4.69, 9.17) is 0 Å². The molecular formula is C14H20N4OS. The summed E-state index contributed by atoms with van der Waals surface area (Å²) < 4.78 is 0. The van der Waals surface area contributed by atoms with Crippen LogP contribution in [0.1, 0.15) is 32.1 Å². The molecule has 0 spiro atoms. The number of nitrogens with one attached hydrogen (secondary N) is 2. The Kier molecular flexibility index (Phi) is 4.89. The van der Waals surface area contributed by atoms with Gasteiger partial charge in [0.2, 0.25) is 5.91 Å². The van der Waals surface area contributed by atoms with Crippen LogP contribution >= 0.6 is 11.3 Å². The summed E-state index contributed by atoms with van der Waals surface area (Å²) in [6.45, 7) is 6.38. The van der Waals surface area contributed by atoms with Crippen LogP contribution in [0.15, 0.2) is 12.4 Å². The molecule has 2 aromatic rings. The largest absolute Gasteiger partial charge is 0.360 e. The SMILES string of the molecule is CCc1cc2c(NCC(=O)NC(C)CC)ncnc2s1. The van der Waals surface area contributed by atoms with Gasteiger partial charge in [-0.25, -0.2) is 9.97 Å². The zero-order chi connectivity index (χ0) is 14.5. The Morgan fingerprint density at radius 2 is 2.20 bits per heavy atom. The monoisotopic (exact) mass is 292 g/mol. The number of aromatic nitrogens is 2. The van der Waals surface area contributed by atoms with E-state index in [0.717, 1.165) is 28.9 Å². The molecule has 20 heavy (non-hydrogen) atoms. The van der Waals surface area contributed by atoms with E-state index in [9.17, 15) is 4.79 Å². The molecule has 1 atom stereocenters.